The van der Waals surface area contributed by atoms with Crippen molar-refractivity contribution in [2.45, 2.75) is 63.4 Å². The predicted octanol–water partition coefficient (Wildman–Crippen LogP) is 2.58. The lowest BCUT2D eigenvalue weighted by Gasteiger charge is -2.28. The summed E-state index contributed by atoms with van der Waals surface area (Å²) < 4.78 is 26.5. The normalized spacial score (nSPS) is 17.4. The predicted molar refractivity (Wildman–Crippen MR) is 100 cm³/mol. The average Bonchev–Trinajstić information content (AvgIpc) is 3.10. The minimum Gasteiger partial charge on any atom is -0.325 e. The second-order valence-electron chi connectivity index (χ2n) is 7.23. The van der Waals surface area contributed by atoms with Crippen LogP contribution in [0.3, 0.4) is 0 Å². The lowest BCUT2D eigenvalue weighted by molar-refractivity contribution is -0.118. The van der Waals surface area contributed by atoms with Gasteiger partial charge in [-0.05, 0) is 64.3 Å². The van der Waals surface area contributed by atoms with Crippen LogP contribution in [0.25, 0.3) is 0 Å². The van der Waals surface area contributed by atoms with Gasteiger partial charge < -0.3 is 10.6 Å². The molecule has 1 aromatic carbocycles. The number of hydrogen-bond donors (Lipinski definition) is 2. The molecule has 0 bridgehead atoms. The molecular weight excluding hydrogens is 338 g/mol. The number of sulfonamides is 1. The summed E-state index contributed by atoms with van der Waals surface area (Å²) in [5.74, 6) is -0.142. The number of rotatable bonds is 7. The molecule has 25 heavy (non-hydrogen) atoms. The van der Waals surface area contributed by atoms with Gasteiger partial charge in [-0.2, -0.15) is 4.31 Å². The van der Waals surface area contributed by atoms with Gasteiger partial charge in [-0.3, -0.25) is 4.79 Å². The number of nitrogens with one attached hydrogen (secondary N) is 2. The van der Waals surface area contributed by atoms with E-state index in [0.717, 1.165) is 19.3 Å². The van der Waals surface area contributed by atoms with Crippen LogP contribution in [0.4, 0.5) is 5.69 Å². The van der Waals surface area contributed by atoms with Gasteiger partial charge in [0.2, 0.25) is 15.9 Å². The van der Waals surface area contributed by atoms with E-state index in [1.54, 1.807) is 24.3 Å². The van der Waals surface area contributed by atoms with Gasteiger partial charge >= 0.3 is 0 Å². The highest BCUT2D eigenvalue weighted by Crippen LogP contribution is 2.22. The van der Waals surface area contributed by atoms with Crippen molar-refractivity contribution >= 4 is 21.6 Å². The first kappa shape index (κ1) is 19.9. The van der Waals surface area contributed by atoms with E-state index in [-0.39, 0.29) is 22.4 Å². The fourth-order valence-corrected chi connectivity index (χ4v) is 4.31. The molecule has 1 saturated heterocycles. The van der Waals surface area contributed by atoms with Crippen LogP contribution in [0.15, 0.2) is 29.2 Å². The molecule has 1 aromatic rings. The standard InChI is InChI=1S/C18H29N3O3S/c1-5-18(3,4)20-14(2)17(22)19-15-8-10-16(11-9-15)25(23,24)21-12-6-7-13-21/h8-11,14,20H,5-7,12-13H2,1-4H3,(H,19,22)/t14-/m1/s1. The average molecular weight is 368 g/mol. The summed E-state index contributed by atoms with van der Waals surface area (Å²) in [5.41, 5.74) is 0.470. The molecule has 0 aromatic heterocycles. The molecule has 1 fully saturated rings. The highest BCUT2D eigenvalue weighted by Gasteiger charge is 2.27. The van der Waals surface area contributed by atoms with Crippen molar-refractivity contribution in [3.05, 3.63) is 24.3 Å². The van der Waals surface area contributed by atoms with Crippen LogP contribution < -0.4 is 10.6 Å². The Balaban J connectivity index is 2.01. The first-order valence-corrected chi connectivity index (χ1v) is 10.3. The molecule has 140 valence electrons. The molecule has 7 heteroatoms. The van der Waals surface area contributed by atoms with Crippen molar-refractivity contribution in [1.29, 1.82) is 0 Å². The summed E-state index contributed by atoms with van der Waals surface area (Å²) in [4.78, 5) is 12.6. The molecule has 1 atom stereocenters. The largest absolute Gasteiger partial charge is 0.325 e. The summed E-state index contributed by atoms with van der Waals surface area (Å²) in [7, 11) is -3.42. The SMILES string of the molecule is CCC(C)(C)N[C@H](C)C(=O)Nc1ccc(S(=O)(=O)N2CCCC2)cc1. The maximum absolute atomic E-state index is 12.5. The zero-order valence-electron chi connectivity index (χ0n) is 15.5. The van der Waals surface area contributed by atoms with Crippen molar-refractivity contribution < 1.29 is 13.2 Å². The zero-order valence-corrected chi connectivity index (χ0v) is 16.3. The molecule has 2 N–H and O–H groups in total. The van der Waals surface area contributed by atoms with Crippen LogP contribution in [0.5, 0.6) is 0 Å². The molecule has 1 aliphatic heterocycles. The third-order valence-corrected chi connectivity index (χ3v) is 6.62. The second kappa shape index (κ2) is 7.85. The topological polar surface area (TPSA) is 78.5 Å². The molecule has 0 unspecified atom stereocenters. The molecule has 0 aliphatic carbocycles. The van der Waals surface area contributed by atoms with Gasteiger partial charge in [0, 0.05) is 24.3 Å². The number of carbonyl (C=O) groups excluding carboxylic acids is 1. The van der Waals surface area contributed by atoms with E-state index in [2.05, 4.69) is 31.4 Å². The number of benzene rings is 1. The fourth-order valence-electron chi connectivity index (χ4n) is 2.79. The maximum Gasteiger partial charge on any atom is 0.243 e. The van der Waals surface area contributed by atoms with Crippen LogP contribution in [0.2, 0.25) is 0 Å². The molecule has 2 rings (SSSR count). The molecule has 0 radical (unpaired) electrons. The lowest BCUT2D eigenvalue weighted by atomic mass is 10.0. The van der Waals surface area contributed by atoms with Crippen molar-refractivity contribution in [3.8, 4) is 0 Å². The first-order valence-electron chi connectivity index (χ1n) is 8.84. The van der Waals surface area contributed by atoms with Gasteiger partial charge in [0.1, 0.15) is 0 Å². The summed E-state index contributed by atoms with van der Waals surface area (Å²) in [6, 6.07) is 6.04. The van der Waals surface area contributed by atoms with E-state index in [9.17, 15) is 13.2 Å². The van der Waals surface area contributed by atoms with E-state index >= 15 is 0 Å². The highest BCUT2D eigenvalue weighted by molar-refractivity contribution is 7.89. The second-order valence-corrected chi connectivity index (χ2v) is 9.17. The maximum atomic E-state index is 12.5. The number of hydrogen-bond acceptors (Lipinski definition) is 4. The molecule has 1 aliphatic rings. The third-order valence-electron chi connectivity index (χ3n) is 4.71. The molecule has 1 heterocycles. The Morgan fingerprint density at radius 3 is 2.28 bits per heavy atom. The Bertz CT molecular complexity index is 693. The van der Waals surface area contributed by atoms with Crippen LogP contribution in [0.1, 0.15) is 47.0 Å². The monoisotopic (exact) mass is 367 g/mol. The van der Waals surface area contributed by atoms with Gasteiger partial charge in [0.05, 0.1) is 10.9 Å². The van der Waals surface area contributed by atoms with Crippen molar-refractivity contribution in [3.63, 3.8) is 0 Å². The van der Waals surface area contributed by atoms with Crippen molar-refractivity contribution in [2.24, 2.45) is 0 Å². The Kier molecular flexibility index (Phi) is 6.24. The van der Waals surface area contributed by atoms with Crippen LogP contribution in [-0.2, 0) is 14.8 Å². The Labute approximate surface area is 151 Å². The number of nitrogens with zero attached hydrogens (tertiary/aromatic N) is 1. The van der Waals surface area contributed by atoms with Gasteiger partial charge in [0.25, 0.3) is 0 Å². The molecule has 0 spiro atoms. The molecular formula is C18H29N3O3S. The highest BCUT2D eigenvalue weighted by atomic mass is 32.2. The van der Waals surface area contributed by atoms with Crippen molar-refractivity contribution in [1.82, 2.24) is 9.62 Å². The van der Waals surface area contributed by atoms with Crippen LogP contribution in [0, 0.1) is 0 Å². The fraction of sp³-hybridized carbons (Fsp3) is 0.611. The quantitative estimate of drug-likeness (QED) is 0.776. The smallest absolute Gasteiger partial charge is 0.243 e. The first-order chi connectivity index (χ1) is 11.7. The van der Waals surface area contributed by atoms with Gasteiger partial charge in [0.15, 0.2) is 0 Å². The van der Waals surface area contributed by atoms with Gasteiger partial charge in [-0.1, -0.05) is 6.92 Å². The number of amides is 1. The Hall–Kier alpha value is -1.44. The Morgan fingerprint density at radius 1 is 1.20 bits per heavy atom. The van der Waals surface area contributed by atoms with E-state index in [1.807, 2.05) is 6.92 Å². The zero-order chi connectivity index (χ0) is 18.7. The number of carbonyl (C=O) groups is 1. The third kappa shape index (κ3) is 5.03. The van der Waals surface area contributed by atoms with E-state index in [0.29, 0.717) is 18.8 Å². The van der Waals surface area contributed by atoms with E-state index < -0.39 is 10.0 Å². The number of anilines is 1. The molecule has 0 saturated carbocycles. The van der Waals surface area contributed by atoms with Crippen LogP contribution >= 0.6 is 0 Å². The molecule has 6 nitrogen and oxygen atoms in total. The van der Waals surface area contributed by atoms with Gasteiger partial charge in [-0.15, -0.1) is 0 Å². The summed E-state index contributed by atoms with van der Waals surface area (Å²) in [5, 5.41) is 6.11. The van der Waals surface area contributed by atoms with E-state index in [4.69, 9.17) is 0 Å². The summed E-state index contributed by atoms with van der Waals surface area (Å²) in [6.07, 6.45) is 2.73. The van der Waals surface area contributed by atoms with Crippen LogP contribution in [-0.4, -0.2) is 43.3 Å². The molecule has 1 amide bonds. The Morgan fingerprint density at radius 2 is 1.76 bits per heavy atom. The van der Waals surface area contributed by atoms with E-state index in [1.165, 1.54) is 4.31 Å². The summed E-state index contributed by atoms with van der Waals surface area (Å²) >= 11 is 0. The van der Waals surface area contributed by atoms with Crippen molar-refractivity contribution in [2.75, 3.05) is 18.4 Å². The van der Waals surface area contributed by atoms with Gasteiger partial charge in [-0.25, -0.2) is 8.42 Å². The summed E-state index contributed by atoms with van der Waals surface area (Å²) in [6.45, 7) is 9.15. The lowest BCUT2D eigenvalue weighted by Crippen LogP contribution is -2.49. The minimum absolute atomic E-state index is 0.121. The minimum atomic E-state index is -3.42.